The molecule has 1 aromatic carbocycles. The largest absolute Gasteiger partial charge is 0.481 e. The second-order valence-electron chi connectivity index (χ2n) is 3.83. The van der Waals surface area contributed by atoms with Gasteiger partial charge >= 0.3 is 17.9 Å². The number of nitrogens with one attached hydrogen (secondary N) is 1. The van der Waals surface area contributed by atoms with E-state index in [9.17, 15) is 14.4 Å². The molecule has 0 fully saturated rings. The van der Waals surface area contributed by atoms with Gasteiger partial charge in [0.1, 0.15) is 6.04 Å². The predicted octanol–water partition coefficient (Wildman–Crippen LogP) is 0.402. The molecule has 7 nitrogen and oxygen atoms in total. The summed E-state index contributed by atoms with van der Waals surface area (Å²) in [4.78, 5) is 32.3. The number of rotatable bonds is 7. The molecule has 1 atom stereocenters. The number of aliphatic carboxylic acids is 2. The minimum absolute atomic E-state index is 0.0350. The van der Waals surface area contributed by atoms with E-state index in [2.05, 4.69) is 5.32 Å². The average molecular weight is 267 g/mol. The molecule has 0 bridgehead atoms. The summed E-state index contributed by atoms with van der Waals surface area (Å²) in [7, 11) is 0. The zero-order valence-electron chi connectivity index (χ0n) is 9.87. The van der Waals surface area contributed by atoms with Gasteiger partial charge in [0.2, 0.25) is 0 Å². The summed E-state index contributed by atoms with van der Waals surface area (Å²) >= 11 is 0. The fourth-order valence-electron chi connectivity index (χ4n) is 1.54. The summed E-state index contributed by atoms with van der Waals surface area (Å²) in [6, 6.07) is 4.84. The van der Waals surface area contributed by atoms with Crippen molar-refractivity contribution in [1.82, 2.24) is 5.32 Å². The van der Waals surface area contributed by atoms with E-state index in [1.807, 2.05) is 0 Å². The maximum absolute atomic E-state index is 10.9. The van der Waals surface area contributed by atoms with Gasteiger partial charge in [0.15, 0.2) is 0 Å². The molecule has 0 aromatic heterocycles. The summed E-state index contributed by atoms with van der Waals surface area (Å²) in [5.41, 5.74) is 0.445. The van der Waals surface area contributed by atoms with Crippen molar-refractivity contribution in [3.8, 4) is 0 Å². The van der Waals surface area contributed by atoms with Gasteiger partial charge in [-0.2, -0.15) is 0 Å². The summed E-state index contributed by atoms with van der Waals surface area (Å²) in [5.74, 6) is -3.66. The van der Waals surface area contributed by atoms with Gasteiger partial charge in [-0.05, 0) is 11.6 Å². The van der Waals surface area contributed by atoms with Crippen molar-refractivity contribution in [2.45, 2.75) is 19.0 Å². The predicted molar refractivity (Wildman–Crippen MR) is 63.9 cm³/mol. The van der Waals surface area contributed by atoms with Crippen LogP contribution in [0.15, 0.2) is 24.3 Å². The van der Waals surface area contributed by atoms with Crippen LogP contribution in [0.5, 0.6) is 0 Å². The molecule has 4 N–H and O–H groups in total. The second-order valence-corrected chi connectivity index (χ2v) is 3.83. The van der Waals surface area contributed by atoms with Crippen molar-refractivity contribution >= 4 is 17.9 Å². The summed E-state index contributed by atoms with van der Waals surface area (Å²) in [6.45, 7) is -0.0350. The van der Waals surface area contributed by atoms with Crippen molar-refractivity contribution in [2.24, 2.45) is 0 Å². The van der Waals surface area contributed by atoms with Crippen molar-refractivity contribution in [2.75, 3.05) is 0 Å². The first kappa shape index (κ1) is 14.7. The highest BCUT2D eigenvalue weighted by Gasteiger charge is 2.21. The SMILES string of the molecule is O=C(O)CC(NCc1ccccc1C(=O)O)C(=O)O. The topological polar surface area (TPSA) is 124 Å². The summed E-state index contributed by atoms with van der Waals surface area (Å²) < 4.78 is 0. The Balaban J connectivity index is 2.77. The molecule has 102 valence electrons. The highest BCUT2D eigenvalue weighted by atomic mass is 16.4. The van der Waals surface area contributed by atoms with E-state index >= 15 is 0 Å². The van der Waals surface area contributed by atoms with Crippen LogP contribution in [0.1, 0.15) is 22.3 Å². The highest BCUT2D eigenvalue weighted by Crippen LogP contribution is 2.09. The molecule has 0 spiro atoms. The zero-order valence-corrected chi connectivity index (χ0v) is 9.87. The smallest absolute Gasteiger partial charge is 0.336 e. The first-order valence-electron chi connectivity index (χ1n) is 5.41. The Bertz CT molecular complexity index is 499. The Labute approximate surface area is 108 Å². The number of hydrogen-bond donors (Lipinski definition) is 4. The second kappa shape index (κ2) is 6.50. The van der Waals surface area contributed by atoms with Crippen molar-refractivity contribution in [3.05, 3.63) is 35.4 Å². The van der Waals surface area contributed by atoms with E-state index in [1.165, 1.54) is 12.1 Å². The van der Waals surface area contributed by atoms with Crippen LogP contribution in [0, 0.1) is 0 Å². The summed E-state index contributed by atoms with van der Waals surface area (Å²) in [6.07, 6.45) is -0.579. The Morgan fingerprint density at radius 2 is 1.74 bits per heavy atom. The van der Waals surface area contributed by atoms with Crippen molar-refractivity contribution < 1.29 is 29.7 Å². The number of benzene rings is 1. The molecular formula is C12H13NO6. The van der Waals surface area contributed by atoms with Crippen LogP contribution in [-0.2, 0) is 16.1 Å². The first-order valence-corrected chi connectivity index (χ1v) is 5.41. The number of carbonyl (C=O) groups is 3. The van der Waals surface area contributed by atoms with Gasteiger partial charge in [-0.25, -0.2) is 4.79 Å². The van der Waals surface area contributed by atoms with Gasteiger partial charge in [-0.15, -0.1) is 0 Å². The molecule has 1 aromatic rings. The third-order valence-electron chi connectivity index (χ3n) is 2.46. The molecule has 0 radical (unpaired) electrons. The minimum atomic E-state index is -1.30. The Morgan fingerprint density at radius 1 is 1.11 bits per heavy atom. The monoisotopic (exact) mass is 267 g/mol. The van der Waals surface area contributed by atoms with E-state index in [4.69, 9.17) is 15.3 Å². The molecule has 7 heteroatoms. The standard InChI is InChI=1S/C12H13NO6/c14-10(15)5-9(12(18)19)13-6-7-3-1-2-4-8(7)11(16)17/h1-4,9,13H,5-6H2,(H,14,15)(H,16,17)(H,18,19). The van der Waals surface area contributed by atoms with Crippen LogP contribution in [0.25, 0.3) is 0 Å². The quantitative estimate of drug-likeness (QED) is 0.563. The van der Waals surface area contributed by atoms with Crippen LogP contribution in [0.3, 0.4) is 0 Å². The highest BCUT2D eigenvalue weighted by molar-refractivity contribution is 5.89. The zero-order chi connectivity index (χ0) is 14.4. The lowest BCUT2D eigenvalue weighted by Gasteiger charge is -2.13. The number of aromatic carboxylic acids is 1. The minimum Gasteiger partial charge on any atom is -0.481 e. The third-order valence-corrected chi connectivity index (χ3v) is 2.46. The molecular weight excluding hydrogens is 254 g/mol. The van der Waals surface area contributed by atoms with E-state index in [0.29, 0.717) is 5.56 Å². The van der Waals surface area contributed by atoms with Gasteiger partial charge in [-0.3, -0.25) is 14.9 Å². The van der Waals surface area contributed by atoms with Crippen LogP contribution in [0.4, 0.5) is 0 Å². The van der Waals surface area contributed by atoms with Gasteiger partial charge < -0.3 is 15.3 Å². The lowest BCUT2D eigenvalue weighted by molar-refractivity contribution is -0.146. The maximum atomic E-state index is 10.9. The van der Waals surface area contributed by atoms with E-state index in [0.717, 1.165) is 0 Å². The Morgan fingerprint density at radius 3 is 2.26 bits per heavy atom. The Hall–Kier alpha value is -2.41. The molecule has 0 heterocycles. The molecule has 0 aliphatic heterocycles. The van der Waals surface area contributed by atoms with Crippen LogP contribution < -0.4 is 5.32 Å². The fraction of sp³-hybridized carbons (Fsp3) is 0.250. The van der Waals surface area contributed by atoms with Gasteiger partial charge in [0.25, 0.3) is 0 Å². The van der Waals surface area contributed by atoms with E-state index in [-0.39, 0.29) is 12.1 Å². The van der Waals surface area contributed by atoms with E-state index in [1.54, 1.807) is 12.1 Å². The molecule has 0 amide bonds. The number of hydrogen-bond acceptors (Lipinski definition) is 4. The Kier molecular flexibility index (Phi) is 5.01. The molecule has 1 unspecified atom stereocenters. The molecule has 19 heavy (non-hydrogen) atoms. The number of carboxylic acids is 3. The van der Waals surface area contributed by atoms with Crippen LogP contribution >= 0.6 is 0 Å². The van der Waals surface area contributed by atoms with Gasteiger partial charge in [-0.1, -0.05) is 18.2 Å². The first-order chi connectivity index (χ1) is 8.91. The average Bonchev–Trinajstić information content (AvgIpc) is 2.34. The van der Waals surface area contributed by atoms with E-state index < -0.39 is 30.4 Å². The number of carboxylic acid groups (broad SMARTS) is 3. The fourth-order valence-corrected chi connectivity index (χ4v) is 1.54. The van der Waals surface area contributed by atoms with Crippen LogP contribution in [0.2, 0.25) is 0 Å². The molecule has 0 saturated carbocycles. The normalized spacial score (nSPS) is 11.8. The van der Waals surface area contributed by atoms with Crippen LogP contribution in [-0.4, -0.2) is 39.3 Å². The van der Waals surface area contributed by atoms with Crippen molar-refractivity contribution in [1.29, 1.82) is 0 Å². The lowest BCUT2D eigenvalue weighted by Crippen LogP contribution is -2.38. The maximum Gasteiger partial charge on any atom is 0.336 e. The molecule has 0 aliphatic rings. The summed E-state index contributed by atoms with van der Waals surface area (Å²) in [5, 5.41) is 28.9. The van der Waals surface area contributed by atoms with Gasteiger partial charge in [0.05, 0.1) is 12.0 Å². The van der Waals surface area contributed by atoms with Crippen molar-refractivity contribution in [3.63, 3.8) is 0 Å². The molecule has 1 rings (SSSR count). The molecule has 0 saturated heterocycles. The third kappa shape index (κ3) is 4.40. The van der Waals surface area contributed by atoms with Gasteiger partial charge in [0, 0.05) is 6.54 Å². The molecule has 0 aliphatic carbocycles. The lowest BCUT2D eigenvalue weighted by atomic mass is 10.1.